The van der Waals surface area contributed by atoms with Crippen molar-refractivity contribution in [1.29, 1.82) is 0 Å². The van der Waals surface area contributed by atoms with E-state index in [0.717, 1.165) is 25.2 Å². The minimum absolute atomic E-state index is 0.0308. The van der Waals surface area contributed by atoms with Crippen molar-refractivity contribution in [2.24, 2.45) is 5.41 Å². The quantitative estimate of drug-likeness (QED) is 0.389. The average molecular weight is 275 g/mol. The van der Waals surface area contributed by atoms with Gasteiger partial charge in [0.05, 0.1) is 4.92 Å². The van der Waals surface area contributed by atoms with E-state index in [1.807, 2.05) is 0 Å². The van der Waals surface area contributed by atoms with Gasteiger partial charge in [0.25, 0.3) is 5.69 Å². The molecule has 5 heteroatoms. The largest absolute Gasteiger partial charge is 0.393 e. The molecule has 20 heavy (non-hydrogen) atoms. The smallest absolute Gasteiger partial charge is 0.292 e. The van der Waals surface area contributed by atoms with Crippen molar-refractivity contribution in [2.45, 2.75) is 27.2 Å². The van der Waals surface area contributed by atoms with Crippen LogP contribution in [0.2, 0.25) is 0 Å². The summed E-state index contributed by atoms with van der Waals surface area (Å²) in [5.41, 5.74) is 8.54. The van der Waals surface area contributed by atoms with Crippen LogP contribution in [0, 0.1) is 15.5 Å². The zero-order chi connectivity index (χ0) is 14.9. The number of benzene rings is 1. The number of nitro groups is 1. The molecule has 0 radical (unpaired) electrons. The van der Waals surface area contributed by atoms with E-state index in [2.05, 4.69) is 31.7 Å². The number of hydrogen-bond acceptors (Lipinski definition) is 4. The molecule has 0 aliphatic carbocycles. The highest BCUT2D eigenvalue weighted by molar-refractivity contribution is 5.67. The Morgan fingerprint density at radius 1 is 1.35 bits per heavy atom. The molecule has 108 valence electrons. The minimum atomic E-state index is -0.451. The van der Waals surface area contributed by atoms with Crippen molar-refractivity contribution in [2.75, 3.05) is 23.7 Å². The highest BCUT2D eigenvalue weighted by Gasteiger charge is 2.22. The van der Waals surface area contributed by atoms with Crippen LogP contribution in [-0.4, -0.2) is 18.0 Å². The van der Waals surface area contributed by atoms with Crippen LogP contribution in [0.15, 0.2) is 29.8 Å². The first-order valence-electron chi connectivity index (χ1n) is 6.77. The van der Waals surface area contributed by atoms with Crippen molar-refractivity contribution >= 4 is 17.1 Å². The topological polar surface area (TPSA) is 72.4 Å². The maximum Gasteiger partial charge on any atom is 0.292 e. The first-order valence-corrected chi connectivity index (χ1v) is 6.77. The van der Waals surface area contributed by atoms with E-state index in [0.29, 0.717) is 0 Å². The minimum Gasteiger partial charge on any atom is -0.393 e. The maximum atomic E-state index is 10.8. The van der Waals surface area contributed by atoms with Crippen LogP contribution in [0.25, 0.3) is 0 Å². The van der Waals surface area contributed by atoms with Gasteiger partial charge < -0.3 is 10.6 Å². The molecule has 0 saturated carbocycles. The van der Waals surface area contributed by atoms with Gasteiger partial charge in [-0.2, -0.15) is 0 Å². The van der Waals surface area contributed by atoms with Gasteiger partial charge >= 0.3 is 0 Å². The van der Waals surface area contributed by atoms with Gasteiger partial charge in [-0.1, -0.05) is 32.4 Å². The lowest BCUT2D eigenvalue weighted by Gasteiger charge is -2.33. The van der Waals surface area contributed by atoms with Crippen molar-refractivity contribution in [3.8, 4) is 0 Å². The van der Waals surface area contributed by atoms with Gasteiger partial charge in [-0.15, -0.1) is 0 Å². The summed E-state index contributed by atoms with van der Waals surface area (Å²) in [5, 5.41) is 10.8. The van der Waals surface area contributed by atoms with Crippen LogP contribution in [0.5, 0.6) is 0 Å². The van der Waals surface area contributed by atoms with E-state index in [4.69, 9.17) is 5.73 Å². The fourth-order valence-electron chi connectivity index (χ4n) is 2.49. The summed E-state index contributed by atoms with van der Waals surface area (Å²) in [6, 6.07) is 4.94. The summed E-state index contributed by atoms with van der Waals surface area (Å²) in [6.07, 6.45) is 3.27. The molecule has 0 spiro atoms. The van der Waals surface area contributed by atoms with Gasteiger partial charge in [0.2, 0.25) is 0 Å². The molecule has 0 unspecified atom stereocenters. The third-order valence-corrected chi connectivity index (χ3v) is 3.75. The van der Waals surface area contributed by atoms with Crippen molar-refractivity contribution in [3.63, 3.8) is 0 Å². The molecular weight excluding hydrogens is 254 g/mol. The van der Waals surface area contributed by atoms with E-state index in [-0.39, 0.29) is 16.8 Å². The molecular formula is C15H21N3O2. The van der Waals surface area contributed by atoms with Crippen LogP contribution in [0.3, 0.4) is 0 Å². The summed E-state index contributed by atoms with van der Waals surface area (Å²) in [7, 11) is 0. The molecule has 0 fully saturated rings. The molecule has 5 nitrogen and oxygen atoms in total. The summed E-state index contributed by atoms with van der Waals surface area (Å²) in [6.45, 7) is 8.40. The highest BCUT2D eigenvalue weighted by Crippen LogP contribution is 2.33. The Kier molecular flexibility index (Phi) is 3.70. The Balaban J connectivity index is 2.17. The fraction of sp³-hybridized carbons (Fsp3) is 0.467. The van der Waals surface area contributed by atoms with Crippen LogP contribution in [-0.2, 0) is 0 Å². The number of hydrogen-bond donors (Lipinski definition) is 1. The number of anilines is 2. The van der Waals surface area contributed by atoms with Gasteiger partial charge in [-0.05, 0) is 24.0 Å². The maximum absolute atomic E-state index is 10.8. The van der Waals surface area contributed by atoms with E-state index in [1.165, 1.54) is 11.6 Å². The van der Waals surface area contributed by atoms with E-state index < -0.39 is 4.92 Å². The lowest BCUT2D eigenvalue weighted by molar-refractivity contribution is -0.383. The van der Waals surface area contributed by atoms with Gasteiger partial charge in [0.15, 0.2) is 0 Å². The predicted molar refractivity (Wildman–Crippen MR) is 81.9 cm³/mol. The molecule has 1 aromatic rings. The third-order valence-electron chi connectivity index (χ3n) is 3.75. The molecule has 1 aromatic carbocycles. The van der Waals surface area contributed by atoms with Gasteiger partial charge in [-0.3, -0.25) is 10.1 Å². The fourth-order valence-corrected chi connectivity index (χ4v) is 2.49. The average Bonchev–Trinajstić information content (AvgIpc) is 2.37. The molecule has 1 aliphatic rings. The monoisotopic (exact) mass is 275 g/mol. The predicted octanol–water partition coefficient (Wildman–Crippen LogP) is 3.36. The van der Waals surface area contributed by atoms with E-state index in [9.17, 15) is 10.1 Å². The molecule has 0 atom stereocenters. The van der Waals surface area contributed by atoms with Crippen LogP contribution >= 0.6 is 0 Å². The molecule has 0 amide bonds. The number of nitrogen functional groups attached to an aromatic ring is 1. The van der Waals surface area contributed by atoms with Crippen LogP contribution < -0.4 is 10.6 Å². The normalized spacial score (nSPS) is 15.9. The molecule has 0 saturated heterocycles. The molecule has 0 bridgehead atoms. The van der Waals surface area contributed by atoms with Crippen molar-refractivity contribution in [3.05, 3.63) is 40.0 Å². The zero-order valence-electron chi connectivity index (χ0n) is 12.2. The summed E-state index contributed by atoms with van der Waals surface area (Å²) in [4.78, 5) is 12.5. The standard InChI is InChI=1S/C15H21N3O2/c1-15(2,3)11-6-8-17(9-7-11)12-4-5-14(18(19)20)13(16)10-12/h4-6,10H,7-9,16H2,1-3H3. The Labute approximate surface area is 119 Å². The van der Waals surface area contributed by atoms with Gasteiger partial charge in [0.1, 0.15) is 5.69 Å². The Hall–Kier alpha value is -2.04. The van der Waals surface area contributed by atoms with Crippen molar-refractivity contribution in [1.82, 2.24) is 0 Å². The van der Waals surface area contributed by atoms with Crippen LogP contribution in [0.4, 0.5) is 17.1 Å². The number of nitro benzene ring substituents is 1. The number of nitrogens with two attached hydrogens (primary N) is 1. The molecule has 2 N–H and O–H groups in total. The number of nitrogens with zero attached hydrogens (tertiary/aromatic N) is 2. The van der Waals surface area contributed by atoms with E-state index in [1.54, 1.807) is 12.1 Å². The molecule has 0 aromatic heterocycles. The lowest BCUT2D eigenvalue weighted by atomic mass is 9.83. The molecule has 1 aliphatic heterocycles. The second kappa shape index (κ2) is 5.15. The first kappa shape index (κ1) is 14.4. The van der Waals surface area contributed by atoms with Crippen molar-refractivity contribution < 1.29 is 4.92 Å². The molecule has 2 rings (SSSR count). The second-order valence-corrected chi connectivity index (χ2v) is 6.18. The summed E-state index contributed by atoms with van der Waals surface area (Å²) < 4.78 is 0. The second-order valence-electron chi connectivity index (χ2n) is 6.18. The zero-order valence-corrected chi connectivity index (χ0v) is 12.2. The Morgan fingerprint density at radius 3 is 2.50 bits per heavy atom. The van der Waals surface area contributed by atoms with Gasteiger partial charge in [0, 0.05) is 24.8 Å². The van der Waals surface area contributed by atoms with Crippen LogP contribution in [0.1, 0.15) is 27.2 Å². The number of rotatable bonds is 2. The highest BCUT2D eigenvalue weighted by atomic mass is 16.6. The first-order chi connectivity index (χ1) is 9.29. The van der Waals surface area contributed by atoms with Gasteiger partial charge in [-0.25, -0.2) is 0 Å². The Bertz CT molecular complexity index is 559. The summed E-state index contributed by atoms with van der Waals surface area (Å²) in [5.74, 6) is 0. The third kappa shape index (κ3) is 2.92. The summed E-state index contributed by atoms with van der Waals surface area (Å²) >= 11 is 0. The Morgan fingerprint density at radius 2 is 2.05 bits per heavy atom. The molecule has 1 heterocycles. The SMILES string of the molecule is CC(C)(C)C1=CCN(c2ccc([N+](=O)[O-])c(N)c2)CC1. The lowest BCUT2D eigenvalue weighted by Crippen LogP contribution is -2.31. The van der Waals surface area contributed by atoms with E-state index >= 15 is 0 Å².